The molecule has 1 N–H and O–H groups in total. The molecule has 0 saturated carbocycles. The van der Waals surface area contributed by atoms with E-state index in [9.17, 15) is 4.79 Å². The number of nitrogens with one attached hydrogen (secondary N) is 1. The van der Waals surface area contributed by atoms with Crippen LogP contribution in [-0.2, 0) is 9.47 Å². The molecule has 4 rings (SSSR count). The first-order chi connectivity index (χ1) is 14.1. The zero-order valence-electron chi connectivity index (χ0n) is 17.2. The van der Waals surface area contributed by atoms with Gasteiger partial charge in [0.2, 0.25) is 0 Å². The van der Waals surface area contributed by atoms with Crippen molar-refractivity contribution in [1.29, 1.82) is 0 Å². The number of carbonyl (C=O) groups is 1. The van der Waals surface area contributed by atoms with Gasteiger partial charge in [-0.3, -0.25) is 4.79 Å². The van der Waals surface area contributed by atoms with E-state index in [1.54, 1.807) is 0 Å². The maximum Gasteiger partial charge on any atom is 0.255 e. The van der Waals surface area contributed by atoms with Crippen molar-refractivity contribution in [3.8, 4) is 0 Å². The lowest BCUT2D eigenvalue weighted by Crippen LogP contribution is -2.38. The Hall–Kier alpha value is -2.57. The van der Waals surface area contributed by atoms with Crippen LogP contribution in [0.4, 0.5) is 17.1 Å². The minimum atomic E-state index is -0.0817. The Balaban J connectivity index is 1.61. The Kier molecular flexibility index (Phi) is 6.02. The third-order valence-electron chi connectivity index (χ3n) is 5.73. The summed E-state index contributed by atoms with van der Waals surface area (Å²) in [6, 6.07) is 12.1. The molecule has 1 amide bonds. The van der Waals surface area contributed by atoms with Gasteiger partial charge in [-0.2, -0.15) is 0 Å². The minimum Gasteiger partial charge on any atom is -0.378 e. The molecule has 0 aliphatic carbocycles. The zero-order valence-corrected chi connectivity index (χ0v) is 17.2. The normalized spacial score (nSPS) is 17.3. The van der Waals surface area contributed by atoms with Crippen molar-refractivity contribution in [2.24, 2.45) is 0 Å². The summed E-state index contributed by atoms with van der Waals surface area (Å²) in [6.07, 6.45) is 0. The SMILES string of the molecule is Cc1ccc(C(=O)Nc2ccc(N3CCOCC3)cc2N2CCOCC2)cc1C. The number of amides is 1. The Labute approximate surface area is 172 Å². The van der Waals surface area contributed by atoms with Crippen LogP contribution in [0.25, 0.3) is 0 Å². The molecule has 2 aliphatic heterocycles. The third kappa shape index (κ3) is 4.54. The summed E-state index contributed by atoms with van der Waals surface area (Å²) in [5.74, 6) is -0.0817. The molecule has 0 aromatic heterocycles. The van der Waals surface area contributed by atoms with E-state index < -0.39 is 0 Å². The van der Waals surface area contributed by atoms with E-state index in [-0.39, 0.29) is 5.91 Å². The van der Waals surface area contributed by atoms with Crippen LogP contribution in [0.1, 0.15) is 21.5 Å². The highest BCUT2D eigenvalue weighted by atomic mass is 16.5. The summed E-state index contributed by atoms with van der Waals surface area (Å²) in [5.41, 5.74) is 6.04. The number of nitrogens with zero attached hydrogens (tertiary/aromatic N) is 2. The lowest BCUT2D eigenvalue weighted by Gasteiger charge is -2.33. The number of ether oxygens (including phenoxy) is 2. The third-order valence-corrected chi connectivity index (χ3v) is 5.73. The predicted molar refractivity (Wildman–Crippen MR) is 116 cm³/mol. The Morgan fingerprint density at radius 2 is 1.48 bits per heavy atom. The monoisotopic (exact) mass is 395 g/mol. The first kappa shape index (κ1) is 19.7. The predicted octanol–water partition coefficient (Wildman–Crippen LogP) is 3.23. The highest BCUT2D eigenvalue weighted by Gasteiger charge is 2.20. The molecule has 6 heteroatoms. The fourth-order valence-corrected chi connectivity index (χ4v) is 3.79. The van der Waals surface area contributed by atoms with Crippen LogP contribution in [0.15, 0.2) is 36.4 Å². The number of hydrogen-bond acceptors (Lipinski definition) is 5. The minimum absolute atomic E-state index is 0.0817. The molecule has 154 valence electrons. The van der Waals surface area contributed by atoms with Crippen molar-refractivity contribution in [3.63, 3.8) is 0 Å². The molecular weight excluding hydrogens is 366 g/mol. The summed E-state index contributed by atoms with van der Waals surface area (Å²) in [7, 11) is 0. The van der Waals surface area contributed by atoms with Crippen LogP contribution in [0.5, 0.6) is 0 Å². The zero-order chi connectivity index (χ0) is 20.2. The summed E-state index contributed by atoms with van der Waals surface area (Å²) in [6.45, 7) is 10.4. The number of morpholine rings is 2. The topological polar surface area (TPSA) is 54.0 Å². The van der Waals surface area contributed by atoms with Gasteiger partial charge in [0.15, 0.2) is 0 Å². The van der Waals surface area contributed by atoms with Crippen molar-refractivity contribution >= 4 is 23.0 Å². The number of anilines is 3. The first-order valence-corrected chi connectivity index (χ1v) is 10.3. The van der Waals surface area contributed by atoms with Gasteiger partial charge in [-0.15, -0.1) is 0 Å². The lowest BCUT2D eigenvalue weighted by molar-refractivity contribution is 0.102. The van der Waals surface area contributed by atoms with E-state index in [0.717, 1.165) is 56.3 Å². The molecule has 0 unspecified atom stereocenters. The van der Waals surface area contributed by atoms with Gasteiger partial charge in [0.05, 0.1) is 37.8 Å². The maximum atomic E-state index is 12.9. The molecule has 2 saturated heterocycles. The van der Waals surface area contributed by atoms with E-state index in [0.29, 0.717) is 18.8 Å². The molecule has 2 aromatic rings. The highest BCUT2D eigenvalue weighted by molar-refractivity contribution is 6.06. The average molecular weight is 396 g/mol. The number of aryl methyl sites for hydroxylation is 2. The quantitative estimate of drug-likeness (QED) is 0.861. The average Bonchev–Trinajstić information content (AvgIpc) is 2.77. The summed E-state index contributed by atoms with van der Waals surface area (Å²) in [5, 5.41) is 3.14. The van der Waals surface area contributed by atoms with Crippen LogP contribution in [0.2, 0.25) is 0 Å². The Morgan fingerprint density at radius 3 is 2.14 bits per heavy atom. The van der Waals surface area contributed by atoms with Gasteiger partial charge in [0.25, 0.3) is 5.91 Å². The molecular formula is C23H29N3O3. The van der Waals surface area contributed by atoms with Crippen LogP contribution >= 0.6 is 0 Å². The smallest absolute Gasteiger partial charge is 0.255 e. The van der Waals surface area contributed by atoms with Crippen molar-refractivity contribution in [3.05, 3.63) is 53.1 Å². The molecule has 2 aromatic carbocycles. The Bertz CT molecular complexity index is 872. The number of rotatable bonds is 4. The van der Waals surface area contributed by atoms with Crippen molar-refractivity contribution in [2.45, 2.75) is 13.8 Å². The molecule has 0 radical (unpaired) electrons. The first-order valence-electron chi connectivity index (χ1n) is 10.3. The largest absolute Gasteiger partial charge is 0.378 e. The van der Waals surface area contributed by atoms with Gasteiger partial charge < -0.3 is 24.6 Å². The maximum absolute atomic E-state index is 12.9. The highest BCUT2D eigenvalue weighted by Crippen LogP contribution is 2.32. The molecule has 2 fully saturated rings. The molecule has 2 heterocycles. The van der Waals surface area contributed by atoms with Crippen molar-refractivity contribution < 1.29 is 14.3 Å². The molecule has 29 heavy (non-hydrogen) atoms. The van der Waals surface area contributed by atoms with E-state index in [2.05, 4.69) is 34.2 Å². The molecule has 0 atom stereocenters. The Morgan fingerprint density at radius 1 is 0.828 bits per heavy atom. The second kappa shape index (κ2) is 8.84. The molecule has 0 spiro atoms. The number of benzene rings is 2. The van der Waals surface area contributed by atoms with Gasteiger partial charge in [-0.25, -0.2) is 0 Å². The van der Waals surface area contributed by atoms with Crippen LogP contribution in [0.3, 0.4) is 0 Å². The summed E-state index contributed by atoms with van der Waals surface area (Å²) >= 11 is 0. The second-order valence-electron chi connectivity index (χ2n) is 7.65. The van der Waals surface area contributed by atoms with Gasteiger partial charge in [0.1, 0.15) is 0 Å². The van der Waals surface area contributed by atoms with Gasteiger partial charge in [-0.1, -0.05) is 6.07 Å². The number of hydrogen-bond donors (Lipinski definition) is 1. The van der Waals surface area contributed by atoms with Gasteiger partial charge in [-0.05, 0) is 55.3 Å². The molecule has 0 bridgehead atoms. The van der Waals surface area contributed by atoms with Crippen LogP contribution in [0, 0.1) is 13.8 Å². The van der Waals surface area contributed by atoms with Gasteiger partial charge in [0, 0.05) is 37.4 Å². The number of carbonyl (C=O) groups excluding carboxylic acids is 1. The second-order valence-corrected chi connectivity index (χ2v) is 7.65. The fourth-order valence-electron chi connectivity index (χ4n) is 3.79. The van der Waals surface area contributed by atoms with Crippen LogP contribution in [-0.4, -0.2) is 58.5 Å². The fraction of sp³-hybridized carbons (Fsp3) is 0.435. The summed E-state index contributed by atoms with van der Waals surface area (Å²) < 4.78 is 11.0. The molecule has 2 aliphatic rings. The van der Waals surface area contributed by atoms with E-state index in [1.165, 1.54) is 11.3 Å². The lowest BCUT2D eigenvalue weighted by atomic mass is 10.1. The van der Waals surface area contributed by atoms with Crippen molar-refractivity contribution in [1.82, 2.24) is 0 Å². The van der Waals surface area contributed by atoms with E-state index >= 15 is 0 Å². The standard InChI is InChI=1S/C23H29N3O3/c1-17-3-4-19(15-18(17)2)23(27)24-21-6-5-20(25-7-11-28-12-8-25)16-22(21)26-9-13-29-14-10-26/h3-6,15-16H,7-14H2,1-2H3,(H,24,27). The van der Waals surface area contributed by atoms with Crippen molar-refractivity contribution in [2.75, 3.05) is 67.7 Å². The van der Waals surface area contributed by atoms with Gasteiger partial charge >= 0.3 is 0 Å². The van der Waals surface area contributed by atoms with Crippen LogP contribution < -0.4 is 15.1 Å². The molecule has 6 nitrogen and oxygen atoms in total. The van der Waals surface area contributed by atoms with E-state index in [4.69, 9.17) is 9.47 Å². The van der Waals surface area contributed by atoms with E-state index in [1.807, 2.05) is 31.2 Å². The summed E-state index contributed by atoms with van der Waals surface area (Å²) in [4.78, 5) is 17.5.